The summed E-state index contributed by atoms with van der Waals surface area (Å²) in [5, 5.41) is 0.863. The first-order valence-electron chi connectivity index (χ1n) is 5.56. The van der Waals surface area contributed by atoms with Crippen LogP contribution < -0.4 is 0 Å². The Labute approximate surface area is 113 Å². The molecule has 0 aliphatic heterocycles. The molecule has 0 bridgehead atoms. The highest BCUT2D eigenvalue weighted by Gasteiger charge is 2.10. The van der Waals surface area contributed by atoms with Crippen LogP contribution in [0, 0.1) is 5.92 Å². The summed E-state index contributed by atoms with van der Waals surface area (Å²) in [7, 11) is 0. The van der Waals surface area contributed by atoms with Gasteiger partial charge in [0.05, 0.1) is 0 Å². The van der Waals surface area contributed by atoms with E-state index in [9.17, 15) is 0 Å². The zero-order chi connectivity index (χ0) is 11.8. The summed E-state index contributed by atoms with van der Waals surface area (Å²) in [5.74, 6) is 2.49. The van der Waals surface area contributed by atoms with Crippen molar-refractivity contribution in [1.82, 2.24) is 0 Å². The molecule has 16 heavy (non-hydrogen) atoms. The quantitative estimate of drug-likeness (QED) is 0.505. The van der Waals surface area contributed by atoms with Crippen molar-refractivity contribution in [3.8, 4) is 0 Å². The van der Waals surface area contributed by atoms with E-state index >= 15 is 0 Å². The zero-order valence-electron chi connectivity index (χ0n) is 9.59. The number of benzene rings is 1. The molecule has 0 N–H and O–H groups in total. The lowest BCUT2D eigenvalue weighted by Gasteiger charge is -2.14. The molecule has 0 spiro atoms. The van der Waals surface area contributed by atoms with Gasteiger partial charge in [0, 0.05) is 10.9 Å². The fourth-order valence-electron chi connectivity index (χ4n) is 1.73. The Hall–Kier alpha value is 0.150. The van der Waals surface area contributed by atoms with E-state index in [1.165, 1.54) is 24.2 Å². The Bertz CT molecular complexity index is 302. The van der Waals surface area contributed by atoms with Crippen molar-refractivity contribution in [3.05, 3.63) is 34.9 Å². The highest BCUT2D eigenvalue weighted by Crippen LogP contribution is 2.22. The Kier molecular flexibility index (Phi) is 7.35. The summed E-state index contributed by atoms with van der Waals surface area (Å²) in [6, 6.07) is 8.05. The third kappa shape index (κ3) is 4.99. The van der Waals surface area contributed by atoms with Gasteiger partial charge in [0.1, 0.15) is 0 Å². The Morgan fingerprint density at radius 2 is 2.06 bits per heavy atom. The van der Waals surface area contributed by atoms with Crippen molar-refractivity contribution < 1.29 is 0 Å². The molecule has 1 unspecified atom stereocenters. The van der Waals surface area contributed by atoms with Crippen molar-refractivity contribution in [1.29, 1.82) is 0 Å². The molecular formula is C13H18Cl2S. The predicted octanol–water partition coefficient (Wildman–Crippen LogP) is 4.88. The average Bonchev–Trinajstić information content (AvgIpc) is 2.30. The predicted molar refractivity (Wildman–Crippen MR) is 77.0 cm³/mol. The van der Waals surface area contributed by atoms with Gasteiger partial charge in [-0.3, -0.25) is 0 Å². The molecule has 0 fully saturated rings. The van der Waals surface area contributed by atoms with E-state index in [4.69, 9.17) is 23.2 Å². The third-order valence-electron chi connectivity index (χ3n) is 2.65. The van der Waals surface area contributed by atoms with Gasteiger partial charge in [-0.15, -0.1) is 11.6 Å². The van der Waals surface area contributed by atoms with Crippen LogP contribution in [-0.4, -0.2) is 17.9 Å². The molecule has 1 rings (SSSR count). The van der Waals surface area contributed by atoms with Crippen LogP contribution in [-0.2, 0) is 6.42 Å². The first-order valence-corrected chi connectivity index (χ1v) is 7.87. The van der Waals surface area contributed by atoms with Crippen molar-refractivity contribution >= 4 is 35.0 Å². The average molecular weight is 277 g/mol. The maximum absolute atomic E-state index is 6.14. The van der Waals surface area contributed by atoms with Crippen molar-refractivity contribution in [2.75, 3.05) is 17.9 Å². The number of hydrogen-bond acceptors (Lipinski definition) is 1. The van der Waals surface area contributed by atoms with Crippen LogP contribution in [0.1, 0.15) is 18.4 Å². The molecule has 0 aromatic heterocycles. The lowest BCUT2D eigenvalue weighted by molar-refractivity contribution is 0.531. The van der Waals surface area contributed by atoms with Crippen LogP contribution in [0.3, 0.4) is 0 Å². The molecule has 0 saturated carbocycles. The maximum Gasteiger partial charge on any atom is 0.0438 e. The lowest BCUT2D eigenvalue weighted by atomic mass is 9.97. The van der Waals surface area contributed by atoms with E-state index in [1.54, 1.807) is 0 Å². The molecular weight excluding hydrogens is 259 g/mol. The normalized spacial score (nSPS) is 12.7. The van der Waals surface area contributed by atoms with Gasteiger partial charge in [-0.05, 0) is 48.8 Å². The number of hydrogen-bond donors (Lipinski definition) is 0. The van der Waals surface area contributed by atoms with Gasteiger partial charge in [-0.2, -0.15) is 11.8 Å². The van der Waals surface area contributed by atoms with Crippen LogP contribution in [0.5, 0.6) is 0 Å². The van der Waals surface area contributed by atoms with Crippen LogP contribution >= 0.6 is 35.0 Å². The Morgan fingerprint density at radius 3 is 2.69 bits per heavy atom. The van der Waals surface area contributed by atoms with Crippen LogP contribution in [0.25, 0.3) is 0 Å². The molecule has 0 saturated heterocycles. The summed E-state index contributed by atoms with van der Waals surface area (Å²) in [4.78, 5) is 0. The van der Waals surface area contributed by atoms with E-state index < -0.39 is 0 Å². The lowest BCUT2D eigenvalue weighted by Crippen LogP contribution is -2.07. The molecule has 0 aliphatic rings. The minimum absolute atomic E-state index is 0.550. The fourth-order valence-corrected chi connectivity index (χ4v) is 2.66. The van der Waals surface area contributed by atoms with Gasteiger partial charge in [-0.1, -0.05) is 29.8 Å². The standard InChI is InChI=1S/C13H18Cl2S/c1-16-8-4-5-11(10-14)9-12-6-2-3-7-13(12)15/h2-3,6-7,11H,4-5,8-10H2,1H3. The molecule has 0 heterocycles. The topological polar surface area (TPSA) is 0 Å². The smallest absolute Gasteiger partial charge is 0.0438 e. The van der Waals surface area contributed by atoms with Crippen LogP contribution in [0.4, 0.5) is 0 Å². The molecule has 0 nitrogen and oxygen atoms in total. The van der Waals surface area contributed by atoms with Gasteiger partial charge in [0.2, 0.25) is 0 Å². The first kappa shape index (κ1) is 14.2. The number of thioether (sulfide) groups is 1. The summed E-state index contributed by atoms with van der Waals surface area (Å²) in [6.07, 6.45) is 5.57. The highest BCUT2D eigenvalue weighted by atomic mass is 35.5. The van der Waals surface area contributed by atoms with Crippen molar-refractivity contribution in [2.24, 2.45) is 5.92 Å². The van der Waals surface area contributed by atoms with Gasteiger partial charge in [-0.25, -0.2) is 0 Å². The molecule has 1 aromatic carbocycles. The summed E-state index contributed by atoms with van der Waals surface area (Å²) < 4.78 is 0. The van der Waals surface area contributed by atoms with Crippen LogP contribution in [0.15, 0.2) is 24.3 Å². The number of alkyl halides is 1. The monoisotopic (exact) mass is 276 g/mol. The van der Waals surface area contributed by atoms with Gasteiger partial charge >= 0.3 is 0 Å². The Morgan fingerprint density at radius 1 is 1.31 bits per heavy atom. The first-order chi connectivity index (χ1) is 7.77. The minimum Gasteiger partial charge on any atom is -0.165 e. The minimum atomic E-state index is 0.550. The zero-order valence-corrected chi connectivity index (χ0v) is 11.9. The number of halogens is 2. The molecule has 90 valence electrons. The van der Waals surface area contributed by atoms with E-state index in [0.29, 0.717) is 5.92 Å². The Balaban J connectivity index is 2.46. The largest absolute Gasteiger partial charge is 0.165 e. The second kappa shape index (κ2) is 8.27. The maximum atomic E-state index is 6.14. The molecule has 3 heteroatoms. The number of rotatable bonds is 7. The van der Waals surface area contributed by atoms with E-state index in [1.807, 2.05) is 30.0 Å². The summed E-state index contributed by atoms with van der Waals surface area (Å²) >= 11 is 14.0. The molecule has 0 amide bonds. The highest BCUT2D eigenvalue weighted by molar-refractivity contribution is 7.98. The second-order valence-electron chi connectivity index (χ2n) is 3.95. The SMILES string of the molecule is CSCCCC(CCl)Cc1ccccc1Cl. The molecule has 1 atom stereocenters. The van der Waals surface area contributed by atoms with Gasteiger partial charge < -0.3 is 0 Å². The second-order valence-corrected chi connectivity index (χ2v) is 5.65. The van der Waals surface area contributed by atoms with Crippen molar-refractivity contribution in [2.45, 2.75) is 19.3 Å². The summed E-state index contributed by atoms with van der Waals surface area (Å²) in [5.41, 5.74) is 1.22. The molecule has 0 radical (unpaired) electrons. The fraction of sp³-hybridized carbons (Fsp3) is 0.538. The molecule has 0 aliphatic carbocycles. The van der Waals surface area contributed by atoms with E-state index in [2.05, 4.69) is 12.3 Å². The van der Waals surface area contributed by atoms with Gasteiger partial charge in [0.15, 0.2) is 0 Å². The van der Waals surface area contributed by atoms with E-state index in [0.717, 1.165) is 17.3 Å². The van der Waals surface area contributed by atoms with E-state index in [-0.39, 0.29) is 0 Å². The molecule has 1 aromatic rings. The van der Waals surface area contributed by atoms with Gasteiger partial charge in [0.25, 0.3) is 0 Å². The van der Waals surface area contributed by atoms with Crippen molar-refractivity contribution in [3.63, 3.8) is 0 Å². The third-order valence-corrected chi connectivity index (χ3v) is 4.15. The van der Waals surface area contributed by atoms with Crippen LogP contribution in [0.2, 0.25) is 5.02 Å². The summed E-state index contributed by atoms with van der Waals surface area (Å²) in [6.45, 7) is 0.